The number of hydrogen-bond donors (Lipinski definition) is 7. The molecule has 0 saturated heterocycles. The van der Waals surface area contributed by atoms with Gasteiger partial charge in [-0.3, -0.25) is 24.4 Å². The monoisotopic (exact) mass is 504 g/mol. The fourth-order valence-corrected chi connectivity index (χ4v) is 3.61. The summed E-state index contributed by atoms with van der Waals surface area (Å²) < 4.78 is 0. The van der Waals surface area contributed by atoms with Gasteiger partial charge < -0.3 is 36.6 Å². The van der Waals surface area contributed by atoms with Crippen molar-refractivity contribution in [3.63, 3.8) is 0 Å². The number of hydrogen-bond acceptors (Lipinski definition) is 9. The lowest BCUT2D eigenvalue weighted by Crippen LogP contribution is -2.42. The van der Waals surface area contributed by atoms with E-state index < -0.39 is 42.9 Å². The van der Waals surface area contributed by atoms with E-state index in [1.807, 2.05) is 0 Å². The number of aromatic hydroxyl groups is 1. The first-order valence-corrected chi connectivity index (χ1v) is 11.0. The Balaban J connectivity index is 1.62. The number of rotatable bonds is 8. The number of carbonyl (C=O) groups is 3. The largest absolute Gasteiger partial charge is 0.507 e. The van der Waals surface area contributed by atoms with Gasteiger partial charge in [-0.05, 0) is 30.7 Å². The summed E-state index contributed by atoms with van der Waals surface area (Å²) in [4.78, 5) is 44.4. The highest BCUT2D eigenvalue weighted by Gasteiger charge is 2.23. The molecule has 35 heavy (non-hydrogen) atoms. The molecule has 13 heteroatoms. The number of aryl methyl sites for hydroxylation is 1. The summed E-state index contributed by atoms with van der Waals surface area (Å²) in [7, 11) is 0. The zero-order valence-corrected chi connectivity index (χ0v) is 19.5. The number of carboxylic acids is 1. The molecule has 1 aliphatic heterocycles. The number of carbonyl (C=O) groups excluding carboxylic acids is 2. The minimum atomic E-state index is -1.20. The number of amides is 2. The number of aliphatic carboxylic acids is 1. The van der Waals surface area contributed by atoms with Gasteiger partial charge in [-0.15, -0.1) is 0 Å². The molecule has 7 N–H and O–H groups in total. The van der Waals surface area contributed by atoms with Crippen LogP contribution in [0.1, 0.15) is 33.9 Å². The van der Waals surface area contributed by atoms with Crippen LogP contribution in [0.15, 0.2) is 35.6 Å². The third kappa shape index (κ3) is 7.29. The van der Waals surface area contributed by atoms with Gasteiger partial charge in [0.05, 0.1) is 49.1 Å². The van der Waals surface area contributed by atoms with Crippen LogP contribution in [0.2, 0.25) is 5.02 Å². The molecule has 0 aliphatic carbocycles. The molecule has 0 bridgehead atoms. The van der Waals surface area contributed by atoms with Crippen LogP contribution >= 0.6 is 11.6 Å². The molecule has 3 rings (SSSR count). The van der Waals surface area contributed by atoms with Crippen LogP contribution in [0.5, 0.6) is 5.75 Å². The number of aromatic nitrogens is 1. The molecular formula is C22H25ClN6O6. The van der Waals surface area contributed by atoms with Crippen LogP contribution in [0.3, 0.4) is 0 Å². The number of β-amino-alcohol motifs (C(OH)–C–C–N with tert-alkyl or cyclic N) is 1. The summed E-state index contributed by atoms with van der Waals surface area (Å²) >= 11 is 6.03. The van der Waals surface area contributed by atoms with Crippen LogP contribution in [0.4, 0.5) is 5.69 Å². The first-order chi connectivity index (χ1) is 16.6. The number of anilines is 1. The Bertz CT molecular complexity index is 1160. The van der Waals surface area contributed by atoms with Crippen molar-refractivity contribution in [1.29, 1.82) is 0 Å². The lowest BCUT2D eigenvalue weighted by molar-refractivity contribution is -0.137. The Morgan fingerprint density at radius 1 is 1.26 bits per heavy atom. The molecular weight excluding hydrogens is 480 g/mol. The molecule has 0 radical (unpaired) electrons. The van der Waals surface area contributed by atoms with Crippen LogP contribution < -0.4 is 21.3 Å². The number of nitrogens with zero attached hydrogens (tertiary/aromatic N) is 2. The highest BCUT2D eigenvalue weighted by Crippen LogP contribution is 2.32. The van der Waals surface area contributed by atoms with Crippen molar-refractivity contribution in [2.45, 2.75) is 25.5 Å². The molecule has 1 aromatic heterocycles. The second-order valence-corrected chi connectivity index (χ2v) is 8.31. The summed E-state index contributed by atoms with van der Waals surface area (Å²) in [5, 5.41) is 40.1. The van der Waals surface area contributed by atoms with E-state index in [1.165, 1.54) is 30.6 Å². The van der Waals surface area contributed by atoms with E-state index in [0.29, 0.717) is 23.8 Å². The van der Waals surface area contributed by atoms with Crippen molar-refractivity contribution in [2.24, 2.45) is 4.99 Å². The highest BCUT2D eigenvalue weighted by molar-refractivity contribution is 6.30. The maximum atomic E-state index is 12.5. The van der Waals surface area contributed by atoms with Gasteiger partial charge in [0, 0.05) is 23.3 Å². The summed E-state index contributed by atoms with van der Waals surface area (Å²) in [6, 6.07) is 3.34. The van der Waals surface area contributed by atoms with E-state index in [1.54, 1.807) is 6.92 Å². The smallest absolute Gasteiger partial charge is 0.305 e. The van der Waals surface area contributed by atoms with E-state index >= 15 is 0 Å². The van der Waals surface area contributed by atoms with E-state index in [2.05, 4.69) is 31.2 Å². The summed E-state index contributed by atoms with van der Waals surface area (Å²) in [6.45, 7) is 1.73. The predicted molar refractivity (Wildman–Crippen MR) is 127 cm³/mol. The maximum Gasteiger partial charge on any atom is 0.305 e. The minimum Gasteiger partial charge on any atom is -0.507 e. The molecule has 1 aliphatic rings. The summed E-state index contributed by atoms with van der Waals surface area (Å²) in [5.74, 6) is -2.19. The molecule has 1 unspecified atom stereocenters. The average Bonchev–Trinajstić information content (AvgIpc) is 2.81. The van der Waals surface area contributed by atoms with Crippen LogP contribution in [0, 0.1) is 6.92 Å². The Morgan fingerprint density at radius 3 is 2.71 bits per heavy atom. The van der Waals surface area contributed by atoms with Crippen LogP contribution in [0.25, 0.3) is 0 Å². The number of pyridine rings is 1. The molecule has 2 amide bonds. The number of nitrogens with one attached hydrogen (secondary N) is 4. The summed E-state index contributed by atoms with van der Waals surface area (Å²) in [6.07, 6.45) is 1.73. The van der Waals surface area contributed by atoms with E-state index in [-0.39, 0.29) is 28.4 Å². The zero-order chi connectivity index (χ0) is 25.5. The number of phenols is 1. The minimum absolute atomic E-state index is 0.159. The zero-order valence-electron chi connectivity index (χ0n) is 18.7. The average molecular weight is 505 g/mol. The number of aliphatic imine (C=N–C) groups is 1. The molecule has 0 spiro atoms. The van der Waals surface area contributed by atoms with Gasteiger partial charge in [-0.2, -0.15) is 0 Å². The first kappa shape index (κ1) is 25.7. The molecule has 0 fully saturated rings. The van der Waals surface area contributed by atoms with Gasteiger partial charge in [0.2, 0.25) is 5.91 Å². The standard InChI is InChI=1S/C22H25ClN6O6/c1-11-2-13(23)4-16(20(11)34)17(5-19(32)33)29-18(31)10-25-21(35)12-3-14(7-24-6-12)28-22-26-8-15(30)9-27-22/h2-4,6-7,15,17,30,34H,5,8-10H2,1H3,(H,25,35)(H,29,31)(H,32,33)(H2,26,27,28)/t17-/m1/s1. The van der Waals surface area contributed by atoms with Gasteiger partial charge in [-0.25, -0.2) is 0 Å². The van der Waals surface area contributed by atoms with Gasteiger partial charge in [0.15, 0.2) is 5.96 Å². The van der Waals surface area contributed by atoms with Crippen molar-refractivity contribution in [2.75, 3.05) is 25.0 Å². The second-order valence-electron chi connectivity index (χ2n) is 7.87. The molecule has 2 heterocycles. The molecule has 2 aromatic rings. The van der Waals surface area contributed by atoms with E-state index in [9.17, 15) is 29.7 Å². The van der Waals surface area contributed by atoms with E-state index in [0.717, 1.165) is 0 Å². The summed E-state index contributed by atoms with van der Waals surface area (Å²) in [5.41, 5.74) is 1.23. The molecule has 12 nitrogen and oxygen atoms in total. The maximum absolute atomic E-state index is 12.5. The van der Waals surface area contributed by atoms with Crippen molar-refractivity contribution in [3.8, 4) is 5.75 Å². The number of carboxylic acid groups (broad SMARTS) is 1. The number of phenolic OH excluding ortho intramolecular Hbond substituents is 1. The quantitative estimate of drug-likeness (QED) is 0.269. The third-order valence-corrected chi connectivity index (χ3v) is 5.24. The van der Waals surface area contributed by atoms with Crippen LogP contribution in [-0.4, -0.2) is 69.8 Å². The fraction of sp³-hybridized carbons (Fsp3) is 0.318. The third-order valence-electron chi connectivity index (χ3n) is 5.02. The lowest BCUT2D eigenvalue weighted by atomic mass is 10.00. The second kappa shape index (κ2) is 11.5. The molecule has 0 saturated carbocycles. The van der Waals surface area contributed by atoms with Crippen molar-refractivity contribution < 1.29 is 29.7 Å². The van der Waals surface area contributed by atoms with Crippen molar-refractivity contribution >= 4 is 41.0 Å². The van der Waals surface area contributed by atoms with Gasteiger partial charge in [-0.1, -0.05) is 11.6 Å². The van der Waals surface area contributed by atoms with E-state index in [4.69, 9.17) is 11.6 Å². The Kier molecular flexibility index (Phi) is 8.44. The normalized spacial score (nSPS) is 15.9. The highest BCUT2D eigenvalue weighted by atomic mass is 35.5. The number of aliphatic hydroxyl groups is 1. The molecule has 2 atom stereocenters. The Hall–Kier alpha value is -3.90. The van der Waals surface area contributed by atoms with Gasteiger partial charge >= 0.3 is 5.97 Å². The molecule has 1 aromatic carbocycles. The van der Waals surface area contributed by atoms with Crippen molar-refractivity contribution in [1.82, 2.24) is 20.9 Å². The number of halogens is 1. The molecule has 186 valence electrons. The number of benzene rings is 1. The van der Waals surface area contributed by atoms with Crippen molar-refractivity contribution in [3.05, 3.63) is 52.3 Å². The first-order valence-electron chi connectivity index (χ1n) is 10.6. The number of aliphatic hydroxyl groups excluding tert-OH is 1. The fourth-order valence-electron chi connectivity index (χ4n) is 3.33. The lowest BCUT2D eigenvalue weighted by Gasteiger charge is -2.20. The van der Waals surface area contributed by atoms with Gasteiger partial charge in [0.25, 0.3) is 5.91 Å². The predicted octanol–water partition coefficient (Wildman–Crippen LogP) is 0.543. The SMILES string of the molecule is Cc1cc(Cl)cc([C@@H](CC(=O)O)NC(=O)CNC(=O)c2cncc(NC3=NCC(O)CN3)c2)c1O. The topological polar surface area (TPSA) is 185 Å². The van der Waals surface area contributed by atoms with Gasteiger partial charge in [0.1, 0.15) is 5.75 Å². The van der Waals surface area contributed by atoms with Crippen LogP contribution in [-0.2, 0) is 9.59 Å². The Morgan fingerprint density at radius 2 is 2.03 bits per heavy atom. The number of guanidine groups is 1. The Labute approximate surface area is 205 Å².